The summed E-state index contributed by atoms with van der Waals surface area (Å²) in [6, 6.07) is 4.49. The van der Waals surface area contributed by atoms with Crippen LogP contribution in [0.1, 0.15) is 0 Å². The molecule has 0 unspecified atom stereocenters. The van der Waals surface area contributed by atoms with Crippen LogP contribution in [0.5, 0.6) is 0 Å². The van der Waals surface area contributed by atoms with Gasteiger partial charge in [0.25, 0.3) is 10.0 Å². The first-order valence-corrected chi connectivity index (χ1v) is 8.12. The number of rotatable bonds is 3. The SMILES string of the molecule is CN(c1nncs1)S(=O)(=O)c1ccc(Cl)cc1Br. The Morgan fingerprint density at radius 2 is 2.17 bits per heavy atom. The average Bonchev–Trinajstić information content (AvgIpc) is 2.80. The van der Waals surface area contributed by atoms with Gasteiger partial charge in [-0.15, -0.1) is 10.2 Å². The molecule has 0 saturated carbocycles. The number of anilines is 1. The lowest BCUT2D eigenvalue weighted by atomic mass is 10.4. The number of sulfonamides is 1. The highest BCUT2D eigenvalue weighted by molar-refractivity contribution is 9.10. The van der Waals surface area contributed by atoms with E-state index >= 15 is 0 Å². The lowest BCUT2D eigenvalue weighted by molar-refractivity contribution is 0.593. The van der Waals surface area contributed by atoms with Crippen LogP contribution in [-0.4, -0.2) is 25.7 Å². The minimum atomic E-state index is -3.67. The zero-order chi connectivity index (χ0) is 13.3. The van der Waals surface area contributed by atoms with Crippen LogP contribution in [0, 0.1) is 0 Å². The zero-order valence-corrected chi connectivity index (χ0v) is 13.0. The molecule has 0 radical (unpaired) electrons. The molecule has 0 saturated heterocycles. The van der Waals surface area contributed by atoms with Gasteiger partial charge in [-0.3, -0.25) is 0 Å². The fourth-order valence-electron chi connectivity index (χ4n) is 1.24. The quantitative estimate of drug-likeness (QED) is 0.835. The van der Waals surface area contributed by atoms with E-state index in [1.807, 2.05) is 0 Å². The van der Waals surface area contributed by atoms with Crippen molar-refractivity contribution in [1.29, 1.82) is 0 Å². The van der Waals surface area contributed by atoms with Crippen molar-refractivity contribution < 1.29 is 8.42 Å². The molecule has 2 aromatic rings. The molecule has 0 spiro atoms. The molecule has 0 aliphatic rings. The first-order chi connectivity index (χ1) is 8.43. The smallest absolute Gasteiger partial charge is 0.243 e. The average molecular weight is 369 g/mol. The minimum absolute atomic E-state index is 0.129. The van der Waals surface area contributed by atoms with E-state index in [1.54, 1.807) is 0 Å². The summed E-state index contributed by atoms with van der Waals surface area (Å²) in [5.74, 6) is 0. The summed E-state index contributed by atoms with van der Waals surface area (Å²) in [4.78, 5) is 0.129. The monoisotopic (exact) mass is 367 g/mol. The molecule has 5 nitrogen and oxygen atoms in total. The minimum Gasteiger partial charge on any atom is -0.243 e. The molecule has 0 atom stereocenters. The van der Waals surface area contributed by atoms with Crippen molar-refractivity contribution in [2.45, 2.75) is 4.90 Å². The molecule has 96 valence electrons. The summed E-state index contributed by atoms with van der Waals surface area (Å²) in [7, 11) is -2.25. The normalized spacial score (nSPS) is 11.5. The summed E-state index contributed by atoms with van der Waals surface area (Å²) in [6.07, 6.45) is 0. The lowest BCUT2D eigenvalue weighted by Gasteiger charge is -2.16. The highest BCUT2D eigenvalue weighted by atomic mass is 79.9. The van der Waals surface area contributed by atoms with Gasteiger partial charge in [-0.1, -0.05) is 22.9 Å². The molecule has 18 heavy (non-hydrogen) atoms. The van der Waals surface area contributed by atoms with Gasteiger partial charge in [-0.2, -0.15) is 0 Å². The van der Waals surface area contributed by atoms with E-state index in [0.29, 0.717) is 14.6 Å². The topological polar surface area (TPSA) is 63.2 Å². The second kappa shape index (κ2) is 5.12. The first-order valence-electron chi connectivity index (χ1n) is 4.63. The van der Waals surface area contributed by atoms with Gasteiger partial charge in [-0.05, 0) is 34.1 Å². The molecule has 0 aliphatic heterocycles. The van der Waals surface area contributed by atoms with Crippen LogP contribution in [-0.2, 0) is 10.0 Å². The largest absolute Gasteiger partial charge is 0.267 e. The molecule has 0 aliphatic carbocycles. The third-order valence-electron chi connectivity index (χ3n) is 2.15. The second-order valence-corrected chi connectivity index (χ2v) is 7.31. The molecular weight excluding hydrogens is 362 g/mol. The predicted octanol–water partition coefficient (Wildman–Crippen LogP) is 2.78. The Labute approximate surface area is 122 Å². The van der Waals surface area contributed by atoms with E-state index in [4.69, 9.17) is 11.6 Å². The Morgan fingerprint density at radius 1 is 1.44 bits per heavy atom. The Hall–Kier alpha value is -0.700. The Kier molecular flexibility index (Phi) is 3.90. The van der Waals surface area contributed by atoms with Crippen LogP contribution in [0.2, 0.25) is 5.02 Å². The summed E-state index contributed by atoms with van der Waals surface area (Å²) in [5, 5.41) is 8.11. The Morgan fingerprint density at radius 3 is 2.72 bits per heavy atom. The van der Waals surface area contributed by atoms with E-state index in [9.17, 15) is 8.42 Å². The van der Waals surface area contributed by atoms with Crippen molar-refractivity contribution in [3.05, 3.63) is 33.2 Å². The van der Waals surface area contributed by atoms with Gasteiger partial charge in [0, 0.05) is 16.5 Å². The van der Waals surface area contributed by atoms with Crippen LogP contribution in [0.15, 0.2) is 33.1 Å². The number of aromatic nitrogens is 2. The van der Waals surface area contributed by atoms with E-state index < -0.39 is 10.0 Å². The van der Waals surface area contributed by atoms with Crippen LogP contribution >= 0.6 is 38.9 Å². The molecule has 0 amide bonds. The maximum absolute atomic E-state index is 12.4. The van der Waals surface area contributed by atoms with Gasteiger partial charge in [-0.25, -0.2) is 12.7 Å². The number of benzene rings is 1. The number of hydrogen-bond donors (Lipinski definition) is 0. The fourth-order valence-corrected chi connectivity index (χ4v) is 4.47. The predicted molar refractivity (Wildman–Crippen MR) is 74.6 cm³/mol. The lowest BCUT2D eigenvalue weighted by Crippen LogP contribution is -2.26. The molecule has 9 heteroatoms. The fraction of sp³-hybridized carbons (Fsp3) is 0.111. The molecule has 1 aromatic carbocycles. The van der Waals surface area contributed by atoms with Crippen molar-refractivity contribution in [3.63, 3.8) is 0 Å². The summed E-state index contributed by atoms with van der Waals surface area (Å²) < 4.78 is 26.2. The Balaban J connectivity index is 2.49. The second-order valence-electron chi connectivity index (χ2n) is 3.27. The van der Waals surface area contributed by atoms with Crippen molar-refractivity contribution in [2.75, 3.05) is 11.4 Å². The molecule has 0 bridgehead atoms. The van der Waals surface area contributed by atoms with Crippen molar-refractivity contribution >= 4 is 54.0 Å². The van der Waals surface area contributed by atoms with Gasteiger partial charge < -0.3 is 0 Å². The van der Waals surface area contributed by atoms with Gasteiger partial charge in [0.15, 0.2) is 0 Å². The maximum atomic E-state index is 12.4. The molecule has 2 rings (SSSR count). The standard InChI is InChI=1S/C9H7BrClN3O2S2/c1-14(9-13-12-5-17-9)18(15,16)8-3-2-6(11)4-7(8)10/h2-5H,1H3. The van der Waals surface area contributed by atoms with Crippen molar-refractivity contribution in [1.82, 2.24) is 10.2 Å². The van der Waals surface area contributed by atoms with Gasteiger partial charge >= 0.3 is 0 Å². The van der Waals surface area contributed by atoms with E-state index in [-0.39, 0.29) is 4.90 Å². The third kappa shape index (κ3) is 2.51. The number of halogens is 2. The van der Waals surface area contributed by atoms with Crippen LogP contribution in [0.25, 0.3) is 0 Å². The molecule has 1 aromatic heterocycles. The van der Waals surface area contributed by atoms with Gasteiger partial charge in [0.1, 0.15) is 10.4 Å². The van der Waals surface area contributed by atoms with E-state index in [0.717, 1.165) is 15.6 Å². The highest BCUT2D eigenvalue weighted by Gasteiger charge is 2.25. The summed E-state index contributed by atoms with van der Waals surface area (Å²) in [6.45, 7) is 0. The van der Waals surface area contributed by atoms with E-state index in [1.165, 1.54) is 30.8 Å². The highest BCUT2D eigenvalue weighted by Crippen LogP contribution is 2.30. The van der Waals surface area contributed by atoms with Crippen LogP contribution in [0.3, 0.4) is 0 Å². The molecule has 1 heterocycles. The third-order valence-corrected chi connectivity index (χ3v) is 5.99. The van der Waals surface area contributed by atoms with Gasteiger partial charge in [0.05, 0.1) is 0 Å². The number of hydrogen-bond acceptors (Lipinski definition) is 5. The maximum Gasteiger partial charge on any atom is 0.267 e. The number of nitrogens with zero attached hydrogens (tertiary/aromatic N) is 3. The Bertz CT molecular complexity index is 660. The van der Waals surface area contributed by atoms with Crippen LogP contribution in [0.4, 0.5) is 5.13 Å². The van der Waals surface area contributed by atoms with E-state index in [2.05, 4.69) is 26.1 Å². The molecule has 0 N–H and O–H groups in total. The summed E-state index contributed by atoms with van der Waals surface area (Å²) >= 11 is 10.1. The van der Waals surface area contributed by atoms with Crippen molar-refractivity contribution in [3.8, 4) is 0 Å². The zero-order valence-electron chi connectivity index (χ0n) is 9.04. The molecule has 0 fully saturated rings. The first kappa shape index (κ1) is 13.7. The van der Waals surface area contributed by atoms with Crippen LogP contribution < -0.4 is 4.31 Å². The summed E-state index contributed by atoms with van der Waals surface area (Å²) in [5.41, 5.74) is 1.47. The van der Waals surface area contributed by atoms with Gasteiger partial charge in [0.2, 0.25) is 5.13 Å². The molecular formula is C9H7BrClN3O2S2. The van der Waals surface area contributed by atoms with Crippen molar-refractivity contribution in [2.24, 2.45) is 0 Å².